The second kappa shape index (κ2) is 10.5. The average Bonchev–Trinajstić information content (AvgIpc) is 3.01. The summed E-state index contributed by atoms with van der Waals surface area (Å²) in [5, 5.41) is 8.33. The van der Waals surface area contributed by atoms with Crippen LogP contribution in [0.25, 0.3) is 0 Å². The topological polar surface area (TPSA) is 36.4 Å². The molecule has 0 amide bonds. The van der Waals surface area contributed by atoms with E-state index < -0.39 is 11.6 Å². The maximum atomic E-state index is 13.6. The van der Waals surface area contributed by atoms with E-state index in [1.165, 1.54) is 10.9 Å². The highest BCUT2D eigenvalue weighted by Crippen LogP contribution is 2.11. The summed E-state index contributed by atoms with van der Waals surface area (Å²) in [7, 11) is 0. The first-order valence-corrected chi connectivity index (χ1v) is 8.05. The molecule has 0 aliphatic carbocycles. The molecule has 7 heteroatoms. The van der Waals surface area contributed by atoms with Crippen molar-refractivity contribution in [2.45, 2.75) is 19.9 Å². The lowest BCUT2D eigenvalue weighted by molar-refractivity contribution is 0.585. The first kappa shape index (κ1) is 19.8. The number of rotatable bonds is 6. The Labute approximate surface area is 156 Å². The maximum absolute atomic E-state index is 13.6. The fourth-order valence-corrected chi connectivity index (χ4v) is 2.64. The van der Waals surface area contributed by atoms with E-state index in [1.807, 2.05) is 18.4 Å². The van der Waals surface area contributed by atoms with Gasteiger partial charge >= 0.3 is 0 Å². The summed E-state index contributed by atoms with van der Waals surface area (Å²) >= 11 is 1.71. The molecule has 0 radical (unpaired) electrons. The van der Waals surface area contributed by atoms with Crippen molar-refractivity contribution in [2.75, 3.05) is 13.1 Å². The zero-order valence-electron chi connectivity index (χ0n) is 12.8. The third-order valence-electron chi connectivity index (χ3n) is 3.00. The van der Waals surface area contributed by atoms with Crippen LogP contribution in [-0.2, 0) is 13.0 Å². The minimum atomic E-state index is -0.456. The number of thiophene rings is 1. The van der Waals surface area contributed by atoms with Crippen molar-refractivity contribution in [3.63, 3.8) is 0 Å². The molecule has 2 N–H and O–H groups in total. The van der Waals surface area contributed by atoms with Crippen LogP contribution in [0.15, 0.2) is 40.7 Å². The molecule has 2 rings (SSSR count). The highest BCUT2D eigenvalue weighted by Gasteiger charge is 2.04. The molecule has 23 heavy (non-hydrogen) atoms. The van der Waals surface area contributed by atoms with Crippen LogP contribution in [0.3, 0.4) is 0 Å². The Hall–Kier alpha value is -1.22. The molecule has 0 fully saturated rings. The van der Waals surface area contributed by atoms with Gasteiger partial charge in [0, 0.05) is 23.5 Å². The second-order valence-corrected chi connectivity index (χ2v) is 5.72. The Morgan fingerprint density at radius 2 is 2.04 bits per heavy atom. The van der Waals surface area contributed by atoms with E-state index in [1.54, 1.807) is 11.3 Å². The molecule has 2 aromatic rings. The van der Waals surface area contributed by atoms with Gasteiger partial charge in [-0.05, 0) is 43.0 Å². The zero-order valence-corrected chi connectivity index (χ0v) is 16.0. The Bertz CT molecular complexity index is 618. The molecular weight excluding hydrogens is 431 g/mol. The van der Waals surface area contributed by atoms with Crippen LogP contribution in [0.2, 0.25) is 0 Å². The van der Waals surface area contributed by atoms with Gasteiger partial charge in [-0.15, -0.1) is 35.3 Å². The number of nitrogens with one attached hydrogen (secondary N) is 2. The first-order valence-electron chi connectivity index (χ1n) is 7.17. The van der Waals surface area contributed by atoms with Gasteiger partial charge in [0.15, 0.2) is 5.96 Å². The Morgan fingerprint density at radius 3 is 2.74 bits per heavy atom. The van der Waals surface area contributed by atoms with Crippen LogP contribution in [0.4, 0.5) is 8.78 Å². The number of nitrogens with zero attached hydrogens (tertiary/aromatic N) is 1. The molecule has 1 aromatic heterocycles. The van der Waals surface area contributed by atoms with Crippen molar-refractivity contribution in [1.82, 2.24) is 10.6 Å². The fourth-order valence-electron chi connectivity index (χ4n) is 1.93. The minimum Gasteiger partial charge on any atom is -0.357 e. The number of benzene rings is 1. The van der Waals surface area contributed by atoms with E-state index in [0.717, 1.165) is 25.1 Å². The number of halogens is 3. The zero-order chi connectivity index (χ0) is 15.8. The number of hydrogen-bond donors (Lipinski definition) is 2. The standard InChI is InChI=1S/C16H19F2N3S.HI/c1-2-19-16(20-8-7-14-4-3-9-22-14)21-11-12-10-13(17)5-6-15(12)18;/h3-6,9-10H,2,7-8,11H2,1H3,(H2,19,20,21);1H. The lowest BCUT2D eigenvalue weighted by Crippen LogP contribution is -2.38. The van der Waals surface area contributed by atoms with Crippen LogP contribution >= 0.6 is 35.3 Å². The monoisotopic (exact) mass is 451 g/mol. The van der Waals surface area contributed by atoms with Gasteiger partial charge in [-0.3, -0.25) is 0 Å². The SMILES string of the molecule is CCNC(=NCc1cc(F)ccc1F)NCCc1cccs1.I. The lowest BCUT2D eigenvalue weighted by Gasteiger charge is -2.11. The molecule has 126 valence electrons. The van der Waals surface area contributed by atoms with Crippen LogP contribution in [0.1, 0.15) is 17.4 Å². The smallest absolute Gasteiger partial charge is 0.191 e. The largest absolute Gasteiger partial charge is 0.357 e. The highest BCUT2D eigenvalue weighted by atomic mass is 127. The summed E-state index contributed by atoms with van der Waals surface area (Å²) in [6, 6.07) is 7.50. The number of guanidine groups is 1. The predicted octanol–water partition coefficient (Wildman–Crippen LogP) is 3.94. The first-order chi connectivity index (χ1) is 10.7. The molecule has 1 aromatic carbocycles. The van der Waals surface area contributed by atoms with Crippen LogP contribution in [-0.4, -0.2) is 19.0 Å². The van der Waals surface area contributed by atoms with Crippen LogP contribution in [0.5, 0.6) is 0 Å². The van der Waals surface area contributed by atoms with Gasteiger partial charge in [0.2, 0.25) is 0 Å². The van der Waals surface area contributed by atoms with Crippen molar-refractivity contribution in [1.29, 1.82) is 0 Å². The molecule has 0 bridgehead atoms. The molecular formula is C16H20F2IN3S. The van der Waals surface area contributed by atoms with Crippen molar-refractivity contribution >= 4 is 41.3 Å². The van der Waals surface area contributed by atoms with Gasteiger partial charge in [0.1, 0.15) is 11.6 Å². The Balaban J connectivity index is 0.00000264. The summed E-state index contributed by atoms with van der Waals surface area (Å²) in [6.07, 6.45) is 0.899. The number of hydrogen-bond acceptors (Lipinski definition) is 2. The summed E-state index contributed by atoms with van der Waals surface area (Å²) in [5.41, 5.74) is 0.246. The minimum absolute atomic E-state index is 0. The van der Waals surface area contributed by atoms with Gasteiger partial charge in [-0.1, -0.05) is 6.07 Å². The summed E-state index contributed by atoms with van der Waals surface area (Å²) in [6.45, 7) is 3.49. The summed E-state index contributed by atoms with van der Waals surface area (Å²) in [5.74, 6) is -0.301. The van der Waals surface area contributed by atoms with Gasteiger partial charge in [0.05, 0.1) is 6.54 Å². The van der Waals surface area contributed by atoms with Crippen molar-refractivity contribution < 1.29 is 8.78 Å². The average molecular weight is 451 g/mol. The molecule has 0 spiro atoms. The highest BCUT2D eigenvalue weighted by molar-refractivity contribution is 14.0. The van der Waals surface area contributed by atoms with E-state index in [9.17, 15) is 8.78 Å². The molecule has 0 saturated heterocycles. The molecule has 0 saturated carbocycles. The number of aliphatic imine (C=N–C) groups is 1. The molecule has 0 unspecified atom stereocenters. The summed E-state index contributed by atoms with van der Waals surface area (Å²) in [4.78, 5) is 5.59. The molecule has 1 heterocycles. The van der Waals surface area contributed by atoms with E-state index >= 15 is 0 Å². The maximum Gasteiger partial charge on any atom is 0.191 e. The van der Waals surface area contributed by atoms with Crippen molar-refractivity contribution in [3.05, 3.63) is 57.8 Å². The van der Waals surface area contributed by atoms with E-state index in [-0.39, 0.29) is 36.1 Å². The molecule has 3 nitrogen and oxygen atoms in total. The quantitative estimate of drug-likeness (QED) is 0.397. The molecule has 0 atom stereocenters. The molecule has 0 aliphatic rings. The Morgan fingerprint density at radius 1 is 1.22 bits per heavy atom. The van der Waals surface area contributed by atoms with Gasteiger partial charge < -0.3 is 10.6 Å². The van der Waals surface area contributed by atoms with Gasteiger partial charge in [-0.25, -0.2) is 13.8 Å². The van der Waals surface area contributed by atoms with E-state index in [4.69, 9.17) is 0 Å². The van der Waals surface area contributed by atoms with Crippen molar-refractivity contribution in [2.24, 2.45) is 4.99 Å². The van der Waals surface area contributed by atoms with Gasteiger partial charge in [0.25, 0.3) is 0 Å². The summed E-state index contributed by atoms with van der Waals surface area (Å²) < 4.78 is 26.7. The Kier molecular flexibility index (Phi) is 9.08. The van der Waals surface area contributed by atoms with Gasteiger partial charge in [-0.2, -0.15) is 0 Å². The fraction of sp³-hybridized carbons (Fsp3) is 0.312. The predicted molar refractivity (Wildman–Crippen MR) is 103 cm³/mol. The third kappa shape index (κ3) is 6.82. The van der Waals surface area contributed by atoms with E-state index in [0.29, 0.717) is 12.5 Å². The molecule has 0 aliphatic heterocycles. The second-order valence-electron chi connectivity index (χ2n) is 4.69. The normalized spacial score (nSPS) is 11.0. The van der Waals surface area contributed by atoms with E-state index in [2.05, 4.69) is 21.7 Å². The third-order valence-corrected chi connectivity index (χ3v) is 3.94. The van der Waals surface area contributed by atoms with Crippen LogP contribution in [0, 0.1) is 11.6 Å². The van der Waals surface area contributed by atoms with Crippen molar-refractivity contribution in [3.8, 4) is 0 Å². The van der Waals surface area contributed by atoms with Crippen LogP contribution < -0.4 is 10.6 Å². The lowest BCUT2D eigenvalue weighted by atomic mass is 10.2.